The Morgan fingerprint density at radius 3 is 2.33 bits per heavy atom. The first-order valence-corrected chi connectivity index (χ1v) is 6.35. The predicted octanol–water partition coefficient (Wildman–Crippen LogP) is 4.73. The molecular formula is C15H12Cl2O. The first kappa shape index (κ1) is 13.1. The molecule has 0 heterocycles. The van der Waals surface area contributed by atoms with E-state index in [1.165, 1.54) is 0 Å². The van der Waals surface area contributed by atoms with Gasteiger partial charge in [-0.1, -0.05) is 41.4 Å². The number of halogens is 2. The molecule has 2 aromatic rings. The fourth-order valence-electron chi connectivity index (χ4n) is 1.73. The number of benzene rings is 2. The van der Waals surface area contributed by atoms with Gasteiger partial charge in [-0.05, 0) is 42.3 Å². The molecular weight excluding hydrogens is 267 g/mol. The third-order valence-corrected chi connectivity index (χ3v) is 3.27. The zero-order valence-corrected chi connectivity index (χ0v) is 11.4. The quantitative estimate of drug-likeness (QED) is 0.742. The third-order valence-electron chi connectivity index (χ3n) is 2.70. The van der Waals surface area contributed by atoms with E-state index in [4.69, 9.17) is 23.2 Å². The maximum Gasteiger partial charge on any atom is 0.168 e. The van der Waals surface area contributed by atoms with Crippen molar-refractivity contribution < 1.29 is 4.79 Å². The average molecular weight is 279 g/mol. The topological polar surface area (TPSA) is 17.1 Å². The van der Waals surface area contributed by atoms with Crippen molar-refractivity contribution in [3.63, 3.8) is 0 Å². The number of hydrogen-bond acceptors (Lipinski definition) is 1. The molecule has 0 aliphatic rings. The second kappa shape index (κ2) is 5.55. The van der Waals surface area contributed by atoms with Crippen molar-refractivity contribution in [2.75, 3.05) is 0 Å². The first-order chi connectivity index (χ1) is 8.56. The normalized spacial score (nSPS) is 10.4. The molecule has 2 aromatic carbocycles. The van der Waals surface area contributed by atoms with Gasteiger partial charge in [-0.15, -0.1) is 0 Å². The number of carbonyl (C=O) groups excluding carboxylic acids is 1. The highest BCUT2D eigenvalue weighted by atomic mass is 35.5. The van der Waals surface area contributed by atoms with E-state index in [-0.39, 0.29) is 5.78 Å². The van der Waals surface area contributed by atoms with Crippen molar-refractivity contribution in [2.45, 2.75) is 13.3 Å². The minimum Gasteiger partial charge on any atom is -0.294 e. The summed E-state index contributed by atoms with van der Waals surface area (Å²) in [6.45, 7) is 1.94. The van der Waals surface area contributed by atoms with Crippen molar-refractivity contribution in [1.82, 2.24) is 0 Å². The number of aryl methyl sites for hydroxylation is 1. The number of carbonyl (C=O) groups is 1. The van der Waals surface area contributed by atoms with Crippen molar-refractivity contribution in [1.29, 1.82) is 0 Å². The van der Waals surface area contributed by atoms with Crippen molar-refractivity contribution in [3.05, 3.63) is 69.2 Å². The number of Topliss-reactive ketones (excluding diaryl/α,β-unsaturated/α-hetero) is 1. The van der Waals surface area contributed by atoms with Crippen molar-refractivity contribution >= 4 is 29.0 Å². The molecule has 0 unspecified atom stereocenters. The molecule has 18 heavy (non-hydrogen) atoms. The van der Waals surface area contributed by atoms with Gasteiger partial charge in [0.2, 0.25) is 0 Å². The summed E-state index contributed by atoms with van der Waals surface area (Å²) < 4.78 is 0. The van der Waals surface area contributed by atoms with Crippen molar-refractivity contribution in [3.8, 4) is 0 Å². The van der Waals surface area contributed by atoms with Crippen LogP contribution in [0.15, 0.2) is 42.5 Å². The lowest BCUT2D eigenvalue weighted by molar-refractivity contribution is 0.0993. The Morgan fingerprint density at radius 2 is 1.72 bits per heavy atom. The molecule has 0 saturated heterocycles. The summed E-state index contributed by atoms with van der Waals surface area (Å²) in [4.78, 5) is 12.1. The molecule has 0 saturated carbocycles. The highest BCUT2D eigenvalue weighted by Gasteiger charge is 2.11. The minimum absolute atomic E-state index is 0.0160. The van der Waals surface area contributed by atoms with E-state index in [2.05, 4.69) is 0 Å². The van der Waals surface area contributed by atoms with Crippen LogP contribution in [0, 0.1) is 6.92 Å². The number of rotatable bonds is 3. The van der Waals surface area contributed by atoms with E-state index >= 15 is 0 Å². The summed E-state index contributed by atoms with van der Waals surface area (Å²) in [6, 6.07) is 12.7. The molecule has 0 aromatic heterocycles. The van der Waals surface area contributed by atoms with Crippen LogP contribution in [-0.2, 0) is 6.42 Å². The Bertz CT molecular complexity index is 574. The molecule has 0 fully saturated rings. The smallest absolute Gasteiger partial charge is 0.168 e. The first-order valence-electron chi connectivity index (χ1n) is 5.60. The summed E-state index contributed by atoms with van der Waals surface area (Å²) in [6.07, 6.45) is 0.333. The third kappa shape index (κ3) is 3.12. The Morgan fingerprint density at radius 1 is 1.06 bits per heavy atom. The van der Waals surface area contributed by atoms with Crippen LogP contribution in [0.4, 0.5) is 0 Å². The van der Waals surface area contributed by atoms with Gasteiger partial charge in [-0.25, -0.2) is 0 Å². The minimum atomic E-state index is 0.0160. The molecule has 1 nitrogen and oxygen atoms in total. The van der Waals surface area contributed by atoms with Crippen LogP contribution in [0.5, 0.6) is 0 Å². The summed E-state index contributed by atoms with van der Waals surface area (Å²) in [7, 11) is 0. The van der Waals surface area contributed by atoms with Crippen LogP contribution < -0.4 is 0 Å². The van der Waals surface area contributed by atoms with E-state index in [1.807, 2.05) is 25.1 Å². The molecule has 2 rings (SSSR count). The highest BCUT2D eigenvalue weighted by molar-refractivity contribution is 6.34. The van der Waals surface area contributed by atoms with Gasteiger partial charge < -0.3 is 0 Å². The SMILES string of the molecule is Cc1ccc(C(=O)Cc2ccc(Cl)cc2)c(Cl)c1. The fraction of sp³-hybridized carbons (Fsp3) is 0.133. The largest absolute Gasteiger partial charge is 0.294 e. The van der Waals surface area contributed by atoms with Crippen LogP contribution in [-0.4, -0.2) is 5.78 Å². The summed E-state index contributed by atoms with van der Waals surface area (Å²) in [5, 5.41) is 1.17. The van der Waals surface area contributed by atoms with Gasteiger partial charge >= 0.3 is 0 Å². The zero-order chi connectivity index (χ0) is 13.1. The lowest BCUT2D eigenvalue weighted by Crippen LogP contribution is -2.04. The molecule has 0 amide bonds. The molecule has 0 atom stereocenters. The molecule has 0 N–H and O–H groups in total. The van der Waals surface area contributed by atoms with Crippen LogP contribution in [0.3, 0.4) is 0 Å². The van der Waals surface area contributed by atoms with Crippen molar-refractivity contribution in [2.24, 2.45) is 0 Å². The van der Waals surface area contributed by atoms with E-state index in [9.17, 15) is 4.79 Å². The van der Waals surface area contributed by atoms with Gasteiger partial charge in [0, 0.05) is 17.0 Å². The predicted molar refractivity (Wildman–Crippen MR) is 75.7 cm³/mol. The van der Waals surface area contributed by atoms with Gasteiger partial charge in [0.1, 0.15) is 0 Å². The maximum absolute atomic E-state index is 12.1. The van der Waals surface area contributed by atoms with Crippen LogP contribution in [0.1, 0.15) is 21.5 Å². The highest BCUT2D eigenvalue weighted by Crippen LogP contribution is 2.20. The Hall–Kier alpha value is -1.31. The zero-order valence-electron chi connectivity index (χ0n) is 9.91. The summed E-state index contributed by atoms with van der Waals surface area (Å²) >= 11 is 11.9. The fourth-order valence-corrected chi connectivity index (χ4v) is 2.20. The molecule has 0 aliphatic carbocycles. The average Bonchev–Trinajstić information content (AvgIpc) is 2.32. The van der Waals surface area contributed by atoms with Gasteiger partial charge in [-0.2, -0.15) is 0 Å². The van der Waals surface area contributed by atoms with Crippen LogP contribution >= 0.6 is 23.2 Å². The lowest BCUT2D eigenvalue weighted by atomic mass is 10.0. The molecule has 0 bridgehead atoms. The molecule has 0 spiro atoms. The molecule has 0 radical (unpaired) electrons. The second-order valence-electron chi connectivity index (χ2n) is 4.21. The van der Waals surface area contributed by atoms with Crippen LogP contribution in [0.25, 0.3) is 0 Å². The van der Waals surface area contributed by atoms with E-state index in [0.717, 1.165) is 11.1 Å². The Balaban J connectivity index is 2.19. The monoisotopic (exact) mass is 278 g/mol. The van der Waals surface area contributed by atoms with Crippen LogP contribution in [0.2, 0.25) is 10.0 Å². The van der Waals surface area contributed by atoms with Gasteiger partial charge in [0.25, 0.3) is 0 Å². The Labute approximate surface area is 116 Å². The second-order valence-corrected chi connectivity index (χ2v) is 5.05. The molecule has 0 aliphatic heterocycles. The van der Waals surface area contributed by atoms with E-state index in [1.54, 1.807) is 24.3 Å². The maximum atomic E-state index is 12.1. The molecule has 3 heteroatoms. The van der Waals surface area contributed by atoms with Gasteiger partial charge in [0.15, 0.2) is 5.78 Å². The standard InChI is InChI=1S/C15H12Cl2O/c1-10-2-7-13(14(17)8-10)15(18)9-11-3-5-12(16)6-4-11/h2-8H,9H2,1H3. The molecule has 92 valence electrons. The van der Waals surface area contributed by atoms with E-state index in [0.29, 0.717) is 22.0 Å². The lowest BCUT2D eigenvalue weighted by Gasteiger charge is -2.05. The van der Waals surface area contributed by atoms with E-state index < -0.39 is 0 Å². The van der Waals surface area contributed by atoms with Gasteiger partial charge in [0.05, 0.1) is 5.02 Å². The number of ketones is 1. The Kier molecular flexibility index (Phi) is 4.05. The summed E-state index contributed by atoms with van der Waals surface area (Å²) in [5.74, 6) is 0.0160. The van der Waals surface area contributed by atoms with Gasteiger partial charge in [-0.3, -0.25) is 4.79 Å². The number of hydrogen-bond donors (Lipinski definition) is 0. The summed E-state index contributed by atoms with van der Waals surface area (Å²) in [5.41, 5.74) is 2.54.